The van der Waals surface area contributed by atoms with E-state index in [0.717, 1.165) is 27.7 Å². The fraction of sp³-hybridized carbons (Fsp3) is 0.421. The van der Waals surface area contributed by atoms with E-state index in [9.17, 15) is 14.7 Å². The predicted octanol–water partition coefficient (Wildman–Crippen LogP) is 2.05. The Balaban J connectivity index is 1.94. The van der Waals surface area contributed by atoms with E-state index in [0.29, 0.717) is 18.5 Å². The van der Waals surface area contributed by atoms with Crippen molar-refractivity contribution < 1.29 is 14.7 Å². The Morgan fingerprint density at radius 3 is 2.64 bits per heavy atom. The molecule has 2 heterocycles. The van der Waals surface area contributed by atoms with Crippen molar-refractivity contribution in [2.45, 2.75) is 39.3 Å². The standard InChI is InChI=1S/C19H23N3O3/c1-10-5-6-15-14(7-10)17(11(2)12(3)20-15)18(23)21-13-8-16(19(24)25)22(4)9-13/h5-7,13,16H,8-9H2,1-4H3,(H,21,23)(H,24,25)/t13-,16-/m0/s1. The minimum atomic E-state index is -0.851. The third-order valence-corrected chi connectivity index (χ3v) is 5.02. The van der Waals surface area contributed by atoms with Crippen molar-refractivity contribution in [2.75, 3.05) is 13.6 Å². The molecule has 1 aromatic heterocycles. The zero-order valence-corrected chi connectivity index (χ0v) is 15.0. The number of hydrogen-bond donors (Lipinski definition) is 2. The topological polar surface area (TPSA) is 82.5 Å². The van der Waals surface area contributed by atoms with E-state index in [4.69, 9.17) is 0 Å². The van der Waals surface area contributed by atoms with Crippen molar-refractivity contribution in [1.82, 2.24) is 15.2 Å². The number of likely N-dealkylation sites (N-methyl/N-ethyl adjacent to an activating group) is 1. The van der Waals surface area contributed by atoms with Crippen molar-refractivity contribution in [1.29, 1.82) is 0 Å². The van der Waals surface area contributed by atoms with Crippen LogP contribution in [0.5, 0.6) is 0 Å². The van der Waals surface area contributed by atoms with E-state index < -0.39 is 12.0 Å². The number of carboxylic acid groups (broad SMARTS) is 1. The second kappa shape index (κ2) is 6.44. The molecule has 1 aromatic carbocycles. The number of carboxylic acids is 1. The highest BCUT2D eigenvalue weighted by atomic mass is 16.4. The normalized spacial score (nSPS) is 20.8. The number of fused-ring (bicyclic) bond motifs is 1. The first-order chi connectivity index (χ1) is 11.8. The largest absolute Gasteiger partial charge is 0.480 e. The smallest absolute Gasteiger partial charge is 0.320 e. The second-order valence-corrected chi connectivity index (χ2v) is 6.92. The molecule has 1 aliphatic heterocycles. The zero-order chi connectivity index (χ0) is 18.3. The minimum absolute atomic E-state index is 0.164. The molecule has 0 saturated carbocycles. The van der Waals surface area contributed by atoms with Crippen LogP contribution in [0.3, 0.4) is 0 Å². The van der Waals surface area contributed by atoms with Crippen LogP contribution in [0.15, 0.2) is 18.2 Å². The summed E-state index contributed by atoms with van der Waals surface area (Å²) < 4.78 is 0. The number of aromatic nitrogens is 1. The van der Waals surface area contributed by atoms with Gasteiger partial charge in [0.1, 0.15) is 6.04 Å². The summed E-state index contributed by atoms with van der Waals surface area (Å²) in [5, 5.41) is 13.1. The van der Waals surface area contributed by atoms with Crippen molar-refractivity contribution in [3.05, 3.63) is 40.6 Å². The summed E-state index contributed by atoms with van der Waals surface area (Å²) in [6.45, 7) is 6.32. The molecule has 6 nitrogen and oxygen atoms in total. The number of carbonyl (C=O) groups is 2. The highest BCUT2D eigenvalue weighted by Crippen LogP contribution is 2.25. The maximum Gasteiger partial charge on any atom is 0.320 e. The van der Waals surface area contributed by atoms with E-state index in [2.05, 4.69) is 10.3 Å². The van der Waals surface area contributed by atoms with Gasteiger partial charge in [-0.25, -0.2) is 0 Å². The van der Waals surface area contributed by atoms with Gasteiger partial charge in [-0.15, -0.1) is 0 Å². The highest BCUT2D eigenvalue weighted by Gasteiger charge is 2.35. The van der Waals surface area contributed by atoms with Gasteiger partial charge in [-0.3, -0.25) is 19.5 Å². The third kappa shape index (κ3) is 3.22. The van der Waals surface area contributed by atoms with Gasteiger partial charge in [-0.2, -0.15) is 0 Å². The van der Waals surface area contributed by atoms with Crippen LogP contribution in [-0.4, -0.2) is 52.5 Å². The average Bonchev–Trinajstić information content (AvgIpc) is 2.89. The maximum atomic E-state index is 13.0. The lowest BCUT2D eigenvalue weighted by atomic mass is 9.99. The number of amides is 1. The molecule has 132 valence electrons. The third-order valence-electron chi connectivity index (χ3n) is 5.02. The van der Waals surface area contributed by atoms with Crippen LogP contribution in [0.4, 0.5) is 0 Å². The number of nitrogens with one attached hydrogen (secondary N) is 1. The van der Waals surface area contributed by atoms with Gasteiger partial charge in [-0.1, -0.05) is 11.6 Å². The summed E-state index contributed by atoms with van der Waals surface area (Å²) in [6, 6.07) is 5.16. The molecule has 6 heteroatoms. The first-order valence-electron chi connectivity index (χ1n) is 8.39. The number of aryl methyl sites for hydroxylation is 2. The molecule has 0 aliphatic carbocycles. The molecule has 2 atom stereocenters. The molecule has 2 N–H and O–H groups in total. The minimum Gasteiger partial charge on any atom is -0.480 e. The molecule has 1 aliphatic rings. The number of hydrogen-bond acceptors (Lipinski definition) is 4. The monoisotopic (exact) mass is 341 g/mol. The summed E-state index contributed by atoms with van der Waals surface area (Å²) in [5.41, 5.74) is 4.18. The summed E-state index contributed by atoms with van der Waals surface area (Å²) >= 11 is 0. The van der Waals surface area contributed by atoms with E-state index in [1.807, 2.05) is 39.0 Å². The molecule has 0 spiro atoms. The molecule has 25 heavy (non-hydrogen) atoms. The van der Waals surface area contributed by atoms with Gasteiger partial charge in [0.2, 0.25) is 0 Å². The van der Waals surface area contributed by atoms with Crippen LogP contribution >= 0.6 is 0 Å². The fourth-order valence-electron chi connectivity index (χ4n) is 3.54. The molecule has 1 fully saturated rings. The molecule has 1 saturated heterocycles. The summed E-state index contributed by atoms with van der Waals surface area (Å²) in [6.07, 6.45) is 0.414. The number of nitrogens with zero attached hydrogens (tertiary/aromatic N) is 2. The van der Waals surface area contributed by atoms with Crippen molar-refractivity contribution in [3.63, 3.8) is 0 Å². The van der Waals surface area contributed by atoms with Crippen LogP contribution in [0.2, 0.25) is 0 Å². The van der Waals surface area contributed by atoms with Gasteiger partial charge in [0.15, 0.2) is 0 Å². The van der Waals surface area contributed by atoms with Crippen LogP contribution < -0.4 is 5.32 Å². The van der Waals surface area contributed by atoms with E-state index in [1.54, 1.807) is 11.9 Å². The van der Waals surface area contributed by atoms with Gasteiger partial charge >= 0.3 is 5.97 Å². The first-order valence-corrected chi connectivity index (χ1v) is 8.39. The van der Waals surface area contributed by atoms with Crippen LogP contribution in [-0.2, 0) is 4.79 Å². The Labute approximate surface area is 146 Å². The van der Waals surface area contributed by atoms with Crippen LogP contribution in [0.25, 0.3) is 10.9 Å². The SMILES string of the molecule is Cc1ccc2nc(C)c(C)c(C(=O)N[C@H]3C[C@@H](C(=O)O)N(C)C3)c2c1. The Hall–Kier alpha value is -2.47. The van der Waals surface area contributed by atoms with Crippen LogP contribution in [0.1, 0.15) is 33.6 Å². The predicted molar refractivity (Wildman–Crippen MR) is 95.9 cm³/mol. The van der Waals surface area contributed by atoms with E-state index in [-0.39, 0.29) is 11.9 Å². The Bertz CT molecular complexity index is 863. The summed E-state index contributed by atoms with van der Waals surface area (Å²) in [4.78, 5) is 30.6. The lowest BCUT2D eigenvalue weighted by molar-refractivity contribution is -0.141. The van der Waals surface area contributed by atoms with Gasteiger partial charge in [0, 0.05) is 23.7 Å². The molecule has 0 bridgehead atoms. The number of benzene rings is 1. The van der Waals surface area contributed by atoms with Crippen molar-refractivity contribution in [2.24, 2.45) is 0 Å². The fourth-order valence-corrected chi connectivity index (χ4v) is 3.54. The maximum absolute atomic E-state index is 13.0. The van der Waals surface area contributed by atoms with Gasteiger partial charge in [-0.05, 0) is 51.9 Å². The molecular weight excluding hydrogens is 318 g/mol. The number of pyridine rings is 1. The highest BCUT2D eigenvalue weighted by molar-refractivity contribution is 6.08. The van der Waals surface area contributed by atoms with Gasteiger partial charge in [0.25, 0.3) is 5.91 Å². The Morgan fingerprint density at radius 2 is 2.00 bits per heavy atom. The Kier molecular flexibility index (Phi) is 4.47. The molecule has 1 amide bonds. The van der Waals surface area contributed by atoms with Crippen LogP contribution in [0, 0.1) is 20.8 Å². The Morgan fingerprint density at radius 1 is 1.28 bits per heavy atom. The number of rotatable bonds is 3. The summed E-state index contributed by atoms with van der Waals surface area (Å²) in [5.74, 6) is -1.01. The van der Waals surface area contributed by atoms with E-state index >= 15 is 0 Å². The molecule has 2 aromatic rings. The van der Waals surface area contributed by atoms with Gasteiger partial charge in [0.05, 0.1) is 11.1 Å². The van der Waals surface area contributed by atoms with E-state index in [1.165, 1.54) is 0 Å². The number of carbonyl (C=O) groups excluding carboxylic acids is 1. The quantitative estimate of drug-likeness (QED) is 0.893. The molecule has 3 rings (SSSR count). The summed E-state index contributed by atoms with van der Waals surface area (Å²) in [7, 11) is 1.77. The van der Waals surface area contributed by atoms with Crippen molar-refractivity contribution in [3.8, 4) is 0 Å². The molecule has 0 unspecified atom stereocenters. The zero-order valence-electron chi connectivity index (χ0n) is 15.0. The molecule has 0 radical (unpaired) electrons. The number of aliphatic carboxylic acids is 1. The second-order valence-electron chi connectivity index (χ2n) is 6.92. The lowest BCUT2D eigenvalue weighted by Crippen LogP contribution is -2.37. The molecular formula is C19H23N3O3. The first kappa shape index (κ1) is 17.4. The average molecular weight is 341 g/mol. The van der Waals surface area contributed by atoms with Gasteiger partial charge < -0.3 is 10.4 Å². The lowest BCUT2D eigenvalue weighted by Gasteiger charge is -2.16. The van der Waals surface area contributed by atoms with Crippen molar-refractivity contribution >= 4 is 22.8 Å². The number of likely N-dealkylation sites (tertiary alicyclic amines) is 1.